The van der Waals surface area contributed by atoms with Gasteiger partial charge in [0.1, 0.15) is 6.54 Å². The van der Waals surface area contributed by atoms with Gasteiger partial charge in [-0.15, -0.1) is 0 Å². The van der Waals surface area contributed by atoms with E-state index in [0.717, 1.165) is 4.90 Å². The summed E-state index contributed by atoms with van der Waals surface area (Å²) < 4.78 is 4.99. The zero-order valence-corrected chi connectivity index (χ0v) is 10.3. The van der Waals surface area contributed by atoms with Gasteiger partial charge in [0, 0.05) is 0 Å². The lowest BCUT2D eigenvalue weighted by Gasteiger charge is -2.22. The Labute approximate surface area is 105 Å². The summed E-state index contributed by atoms with van der Waals surface area (Å²) in [7, 11) is 0. The highest BCUT2D eigenvalue weighted by molar-refractivity contribution is 5.96. The molecule has 6 nitrogen and oxygen atoms in total. The standard InChI is InChI=1S/C12H16N2O4/c1-8(2)18-12(17)14(7-11(15)16)10-6-4-3-5-9(10)13/h3-6,8H,7,13H2,1-2H3,(H,15,16). The second-order valence-electron chi connectivity index (χ2n) is 3.97. The van der Waals surface area contributed by atoms with Gasteiger partial charge < -0.3 is 15.6 Å². The highest BCUT2D eigenvalue weighted by Crippen LogP contribution is 2.23. The molecule has 0 aliphatic heterocycles. The van der Waals surface area contributed by atoms with Crippen LogP contribution in [0.1, 0.15) is 13.8 Å². The average Bonchev–Trinajstić information content (AvgIpc) is 2.25. The molecule has 0 fully saturated rings. The zero-order valence-electron chi connectivity index (χ0n) is 10.3. The van der Waals surface area contributed by atoms with Gasteiger partial charge in [0.25, 0.3) is 0 Å². The minimum Gasteiger partial charge on any atom is -0.480 e. The highest BCUT2D eigenvalue weighted by atomic mass is 16.6. The van der Waals surface area contributed by atoms with Crippen molar-refractivity contribution >= 4 is 23.4 Å². The first kappa shape index (κ1) is 13.8. The smallest absolute Gasteiger partial charge is 0.415 e. The van der Waals surface area contributed by atoms with Crippen molar-refractivity contribution in [3.63, 3.8) is 0 Å². The van der Waals surface area contributed by atoms with Gasteiger partial charge in [-0.3, -0.25) is 9.69 Å². The molecule has 1 amide bonds. The number of carboxylic acid groups (broad SMARTS) is 1. The number of hydrogen-bond acceptors (Lipinski definition) is 4. The largest absolute Gasteiger partial charge is 0.480 e. The number of nitrogens with two attached hydrogens (primary N) is 1. The number of anilines is 2. The molecular formula is C12H16N2O4. The Morgan fingerprint density at radius 1 is 1.39 bits per heavy atom. The van der Waals surface area contributed by atoms with Gasteiger partial charge in [-0.1, -0.05) is 12.1 Å². The van der Waals surface area contributed by atoms with E-state index in [2.05, 4.69) is 0 Å². The lowest BCUT2D eigenvalue weighted by atomic mass is 10.2. The molecule has 18 heavy (non-hydrogen) atoms. The first-order valence-corrected chi connectivity index (χ1v) is 5.46. The summed E-state index contributed by atoms with van der Waals surface area (Å²) in [5.74, 6) is -1.14. The van der Waals surface area contributed by atoms with Crippen LogP contribution in [0.25, 0.3) is 0 Å². The van der Waals surface area contributed by atoms with E-state index in [1.165, 1.54) is 0 Å². The summed E-state index contributed by atoms with van der Waals surface area (Å²) in [5.41, 5.74) is 6.37. The van der Waals surface area contributed by atoms with E-state index in [1.54, 1.807) is 38.1 Å². The molecule has 0 aromatic heterocycles. The summed E-state index contributed by atoms with van der Waals surface area (Å²) >= 11 is 0. The van der Waals surface area contributed by atoms with Crippen molar-refractivity contribution in [3.8, 4) is 0 Å². The van der Waals surface area contributed by atoms with E-state index >= 15 is 0 Å². The summed E-state index contributed by atoms with van der Waals surface area (Å²) in [6.07, 6.45) is -1.07. The number of benzene rings is 1. The molecule has 6 heteroatoms. The number of carbonyl (C=O) groups excluding carboxylic acids is 1. The van der Waals surface area contributed by atoms with Crippen molar-refractivity contribution in [3.05, 3.63) is 24.3 Å². The van der Waals surface area contributed by atoms with E-state index in [9.17, 15) is 9.59 Å². The minimum atomic E-state index is -1.14. The maximum atomic E-state index is 11.8. The quantitative estimate of drug-likeness (QED) is 0.795. The van der Waals surface area contributed by atoms with Gasteiger partial charge >= 0.3 is 12.1 Å². The summed E-state index contributed by atoms with van der Waals surface area (Å²) in [4.78, 5) is 23.6. The van der Waals surface area contributed by atoms with Crippen LogP contribution in [0.2, 0.25) is 0 Å². The third-order valence-electron chi connectivity index (χ3n) is 2.08. The van der Waals surface area contributed by atoms with Crippen molar-refractivity contribution in [1.82, 2.24) is 0 Å². The zero-order chi connectivity index (χ0) is 13.7. The third kappa shape index (κ3) is 3.65. The second-order valence-corrected chi connectivity index (χ2v) is 3.97. The number of nitrogen functional groups attached to an aromatic ring is 1. The fourth-order valence-corrected chi connectivity index (χ4v) is 1.38. The molecule has 98 valence electrons. The Bertz CT molecular complexity index is 445. The Morgan fingerprint density at radius 3 is 2.50 bits per heavy atom. The fraction of sp³-hybridized carbons (Fsp3) is 0.333. The van der Waals surface area contributed by atoms with Crippen LogP contribution >= 0.6 is 0 Å². The van der Waals surface area contributed by atoms with Crippen molar-refractivity contribution < 1.29 is 19.4 Å². The minimum absolute atomic E-state index is 0.319. The molecule has 0 bridgehead atoms. The molecule has 0 unspecified atom stereocenters. The Hall–Kier alpha value is -2.24. The molecule has 0 spiro atoms. The van der Waals surface area contributed by atoms with E-state index < -0.39 is 18.6 Å². The van der Waals surface area contributed by atoms with Crippen molar-refractivity contribution in [2.24, 2.45) is 0 Å². The van der Waals surface area contributed by atoms with Crippen LogP contribution in [0.3, 0.4) is 0 Å². The summed E-state index contributed by atoms with van der Waals surface area (Å²) in [6, 6.07) is 6.53. The topological polar surface area (TPSA) is 92.9 Å². The third-order valence-corrected chi connectivity index (χ3v) is 2.08. The summed E-state index contributed by atoms with van der Waals surface area (Å²) in [6.45, 7) is 2.87. The van der Waals surface area contributed by atoms with E-state index in [-0.39, 0.29) is 6.10 Å². The van der Waals surface area contributed by atoms with Gasteiger partial charge in [-0.25, -0.2) is 4.79 Å². The number of aliphatic carboxylic acids is 1. The number of nitrogens with zero attached hydrogens (tertiary/aromatic N) is 1. The number of para-hydroxylation sites is 2. The first-order chi connectivity index (χ1) is 8.41. The van der Waals surface area contributed by atoms with Gasteiger partial charge in [0.05, 0.1) is 17.5 Å². The highest BCUT2D eigenvalue weighted by Gasteiger charge is 2.22. The van der Waals surface area contributed by atoms with Crippen molar-refractivity contribution in [1.29, 1.82) is 0 Å². The molecule has 0 aliphatic carbocycles. The van der Waals surface area contributed by atoms with Crippen LogP contribution in [0, 0.1) is 0 Å². The molecule has 1 aromatic carbocycles. The lowest BCUT2D eigenvalue weighted by Crippen LogP contribution is -2.37. The van der Waals surface area contributed by atoms with Gasteiger partial charge in [0.2, 0.25) is 0 Å². The molecule has 1 rings (SSSR count). The van der Waals surface area contributed by atoms with Crippen molar-refractivity contribution in [2.45, 2.75) is 20.0 Å². The SMILES string of the molecule is CC(C)OC(=O)N(CC(=O)O)c1ccccc1N. The van der Waals surface area contributed by atoms with Crippen LogP contribution in [0.15, 0.2) is 24.3 Å². The Kier molecular flexibility index (Phi) is 4.53. The Morgan fingerprint density at radius 2 is 2.00 bits per heavy atom. The number of amides is 1. The van der Waals surface area contributed by atoms with E-state index in [4.69, 9.17) is 15.6 Å². The molecule has 0 radical (unpaired) electrons. The van der Waals surface area contributed by atoms with Crippen molar-refractivity contribution in [2.75, 3.05) is 17.2 Å². The molecular weight excluding hydrogens is 236 g/mol. The first-order valence-electron chi connectivity index (χ1n) is 5.46. The molecule has 0 heterocycles. The predicted molar refractivity (Wildman–Crippen MR) is 67.5 cm³/mol. The Balaban J connectivity index is 3.02. The predicted octanol–water partition coefficient (Wildman–Crippen LogP) is 1.70. The summed E-state index contributed by atoms with van der Waals surface area (Å²) in [5, 5.41) is 8.83. The van der Waals surface area contributed by atoms with Crippen LogP contribution in [0.4, 0.5) is 16.2 Å². The molecule has 0 atom stereocenters. The van der Waals surface area contributed by atoms with Crippen LogP contribution in [-0.2, 0) is 9.53 Å². The van der Waals surface area contributed by atoms with Gasteiger partial charge in [-0.2, -0.15) is 0 Å². The number of rotatable bonds is 4. The maximum Gasteiger partial charge on any atom is 0.415 e. The normalized spacial score (nSPS) is 10.2. The van der Waals surface area contributed by atoms with Gasteiger partial charge in [-0.05, 0) is 26.0 Å². The van der Waals surface area contributed by atoms with E-state index in [1.807, 2.05) is 0 Å². The molecule has 0 saturated heterocycles. The van der Waals surface area contributed by atoms with Crippen LogP contribution < -0.4 is 10.6 Å². The monoisotopic (exact) mass is 252 g/mol. The average molecular weight is 252 g/mol. The molecule has 0 aliphatic rings. The molecule has 3 N–H and O–H groups in total. The molecule has 1 aromatic rings. The fourth-order valence-electron chi connectivity index (χ4n) is 1.38. The van der Waals surface area contributed by atoms with Crippen LogP contribution in [-0.4, -0.2) is 29.8 Å². The number of carboxylic acids is 1. The van der Waals surface area contributed by atoms with Gasteiger partial charge in [0.15, 0.2) is 0 Å². The lowest BCUT2D eigenvalue weighted by molar-refractivity contribution is -0.135. The van der Waals surface area contributed by atoms with E-state index in [0.29, 0.717) is 11.4 Å². The number of carbonyl (C=O) groups is 2. The second kappa shape index (κ2) is 5.90. The molecule has 0 saturated carbocycles. The maximum absolute atomic E-state index is 11.8. The van der Waals surface area contributed by atoms with Crippen LogP contribution in [0.5, 0.6) is 0 Å². The number of hydrogen-bond donors (Lipinski definition) is 2. The number of ether oxygens (including phenoxy) is 1.